The Morgan fingerprint density at radius 1 is 1.26 bits per heavy atom. The summed E-state index contributed by atoms with van der Waals surface area (Å²) in [6.45, 7) is 5.76. The minimum atomic E-state index is -1.04. The van der Waals surface area contributed by atoms with Gasteiger partial charge in [-0.25, -0.2) is 14.0 Å². The first-order valence-electron chi connectivity index (χ1n) is 8.62. The first-order valence-corrected chi connectivity index (χ1v) is 8.62. The van der Waals surface area contributed by atoms with Gasteiger partial charge in [-0.15, -0.1) is 0 Å². The number of aliphatic imine (C=N–C) groups is 1. The lowest BCUT2D eigenvalue weighted by Crippen LogP contribution is -2.43. The molecule has 0 saturated heterocycles. The number of nitrogens with zero attached hydrogens (tertiary/aromatic N) is 2. The molecule has 2 heterocycles. The molecule has 0 amide bonds. The van der Waals surface area contributed by atoms with E-state index in [1.54, 1.807) is 25.7 Å². The highest BCUT2D eigenvalue weighted by Gasteiger charge is 2.42. The van der Waals surface area contributed by atoms with Gasteiger partial charge in [-0.05, 0) is 32.9 Å². The Balaban J connectivity index is 2.05. The van der Waals surface area contributed by atoms with Gasteiger partial charge in [0.25, 0.3) is 5.78 Å². The van der Waals surface area contributed by atoms with E-state index in [9.17, 15) is 18.8 Å². The maximum Gasteiger partial charge on any atom is 0.381 e. The number of hydrogen-bond acceptors (Lipinski definition) is 7. The highest BCUT2D eigenvalue weighted by Crippen LogP contribution is 2.39. The largest absolute Gasteiger partial charge is 0.463 e. The molecule has 0 aromatic heterocycles. The molecule has 2 aliphatic rings. The second kappa shape index (κ2) is 6.75. The average Bonchev–Trinajstić information content (AvgIpc) is 2.87. The Bertz CT molecular complexity index is 856. The lowest BCUT2D eigenvalue weighted by atomic mass is 10.00. The van der Waals surface area contributed by atoms with E-state index in [0.717, 1.165) is 7.11 Å². The molecule has 0 aliphatic carbocycles. The number of methoxy groups -OCH3 is 1. The second-order valence-electron chi connectivity index (χ2n) is 7.42. The van der Waals surface area contributed by atoms with Gasteiger partial charge in [0.2, 0.25) is 0 Å². The Morgan fingerprint density at radius 3 is 2.59 bits per heavy atom. The number of carbonyl (C=O) groups excluding carboxylic acids is 3. The maximum atomic E-state index is 14.5. The van der Waals surface area contributed by atoms with Gasteiger partial charge in [0.15, 0.2) is 0 Å². The van der Waals surface area contributed by atoms with Crippen molar-refractivity contribution in [1.29, 1.82) is 0 Å². The predicted octanol–water partition coefficient (Wildman–Crippen LogP) is 1.44. The SMILES string of the molecule is COC(=O)C(=O)C1=NCCN2c3c1ccc(F)c3CC2C(=O)OC(C)(C)C. The van der Waals surface area contributed by atoms with Gasteiger partial charge in [-0.1, -0.05) is 0 Å². The molecule has 8 heteroatoms. The Hall–Kier alpha value is -2.77. The van der Waals surface area contributed by atoms with Crippen LogP contribution in [0.5, 0.6) is 0 Å². The number of carbonyl (C=O) groups is 3. The van der Waals surface area contributed by atoms with Crippen LogP contribution in [0.1, 0.15) is 31.9 Å². The lowest BCUT2D eigenvalue weighted by Gasteiger charge is -2.28. The summed E-state index contributed by atoms with van der Waals surface area (Å²) >= 11 is 0. The topological polar surface area (TPSA) is 85.3 Å². The van der Waals surface area contributed by atoms with E-state index in [1.165, 1.54) is 12.1 Å². The molecule has 0 fully saturated rings. The molecular formula is C19H21FN2O5. The highest BCUT2D eigenvalue weighted by atomic mass is 19.1. The van der Waals surface area contributed by atoms with Crippen LogP contribution in [0.3, 0.4) is 0 Å². The first-order chi connectivity index (χ1) is 12.6. The van der Waals surface area contributed by atoms with Crippen LogP contribution in [-0.4, -0.2) is 55.3 Å². The van der Waals surface area contributed by atoms with Crippen molar-refractivity contribution >= 4 is 29.1 Å². The van der Waals surface area contributed by atoms with Gasteiger partial charge >= 0.3 is 11.9 Å². The number of esters is 2. The summed E-state index contributed by atoms with van der Waals surface area (Å²) in [5.41, 5.74) is 0.299. The van der Waals surface area contributed by atoms with E-state index in [2.05, 4.69) is 9.73 Å². The van der Waals surface area contributed by atoms with Gasteiger partial charge in [-0.2, -0.15) is 0 Å². The smallest absolute Gasteiger partial charge is 0.381 e. The number of ketones is 1. The van der Waals surface area contributed by atoms with Crippen molar-refractivity contribution in [3.05, 3.63) is 29.1 Å². The number of rotatable bonds is 3. The number of benzene rings is 1. The Morgan fingerprint density at radius 2 is 1.96 bits per heavy atom. The van der Waals surface area contributed by atoms with Crippen LogP contribution in [-0.2, 0) is 30.3 Å². The molecule has 1 atom stereocenters. The lowest BCUT2D eigenvalue weighted by molar-refractivity contribution is -0.156. The van der Waals surface area contributed by atoms with E-state index in [0.29, 0.717) is 23.4 Å². The third kappa shape index (κ3) is 3.43. The van der Waals surface area contributed by atoms with E-state index in [1.807, 2.05) is 0 Å². The van der Waals surface area contributed by atoms with Crippen LogP contribution in [0.15, 0.2) is 17.1 Å². The fourth-order valence-corrected chi connectivity index (χ4v) is 3.37. The molecule has 1 aromatic rings. The molecule has 0 radical (unpaired) electrons. The molecule has 0 saturated carbocycles. The third-order valence-electron chi connectivity index (χ3n) is 4.42. The molecule has 0 spiro atoms. The molecule has 0 N–H and O–H groups in total. The second-order valence-corrected chi connectivity index (χ2v) is 7.42. The summed E-state index contributed by atoms with van der Waals surface area (Å²) in [5.74, 6) is -2.88. The zero-order chi connectivity index (χ0) is 19.9. The molecule has 3 rings (SSSR count). The van der Waals surface area contributed by atoms with Crippen LogP contribution in [0.4, 0.5) is 10.1 Å². The van der Waals surface area contributed by atoms with Crippen LogP contribution >= 0.6 is 0 Å². The van der Waals surface area contributed by atoms with Crippen molar-refractivity contribution in [3.63, 3.8) is 0 Å². The maximum absolute atomic E-state index is 14.5. The van der Waals surface area contributed by atoms with Crippen molar-refractivity contribution in [2.75, 3.05) is 25.1 Å². The van der Waals surface area contributed by atoms with Gasteiger partial charge in [0, 0.05) is 24.1 Å². The van der Waals surface area contributed by atoms with Gasteiger partial charge < -0.3 is 14.4 Å². The zero-order valence-electron chi connectivity index (χ0n) is 15.7. The summed E-state index contributed by atoms with van der Waals surface area (Å²) in [7, 11) is 1.11. The van der Waals surface area contributed by atoms with Crippen molar-refractivity contribution in [2.45, 2.75) is 38.8 Å². The molecule has 1 unspecified atom stereocenters. The third-order valence-corrected chi connectivity index (χ3v) is 4.42. The van der Waals surface area contributed by atoms with Gasteiger partial charge in [-0.3, -0.25) is 9.79 Å². The van der Waals surface area contributed by atoms with Crippen LogP contribution in [0, 0.1) is 5.82 Å². The molecule has 144 valence electrons. The van der Waals surface area contributed by atoms with E-state index >= 15 is 0 Å². The number of ether oxygens (including phenoxy) is 2. The van der Waals surface area contributed by atoms with Crippen molar-refractivity contribution in [3.8, 4) is 0 Å². The Kier molecular flexibility index (Phi) is 4.75. The first kappa shape index (κ1) is 19.0. The Labute approximate surface area is 156 Å². The van der Waals surface area contributed by atoms with Crippen molar-refractivity contribution in [1.82, 2.24) is 0 Å². The minimum absolute atomic E-state index is 0.0783. The summed E-state index contributed by atoms with van der Waals surface area (Å²) in [6, 6.07) is 1.91. The molecule has 0 bridgehead atoms. The summed E-state index contributed by atoms with van der Waals surface area (Å²) < 4.78 is 24.4. The van der Waals surface area contributed by atoms with Gasteiger partial charge in [0.1, 0.15) is 23.2 Å². The van der Waals surface area contributed by atoms with Crippen LogP contribution in [0.2, 0.25) is 0 Å². The molecule has 27 heavy (non-hydrogen) atoms. The number of halogens is 1. The quantitative estimate of drug-likeness (QED) is 0.586. The monoisotopic (exact) mass is 376 g/mol. The average molecular weight is 376 g/mol. The van der Waals surface area contributed by atoms with Crippen LogP contribution in [0.25, 0.3) is 0 Å². The summed E-state index contributed by atoms with van der Waals surface area (Å²) in [6.07, 6.45) is 0.129. The normalized spacial score (nSPS) is 18.3. The number of hydrogen-bond donors (Lipinski definition) is 0. The molecular weight excluding hydrogens is 355 g/mol. The minimum Gasteiger partial charge on any atom is -0.463 e. The molecule has 7 nitrogen and oxygen atoms in total. The summed E-state index contributed by atoms with van der Waals surface area (Å²) in [5, 5.41) is 0. The van der Waals surface area contributed by atoms with E-state index in [4.69, 9.17) is 4.74 Å². The fraction of sp³-hybridized carbons (Fsp3) is 0.474. The fourth-order valence-electron chi connectivity index (χ4n) is 3.37. The van der Waals surface area contributed by atoms with Crippen LogP contribution < -0.4 is 4.90 Å². The van der Waals surface area contributed by atoms with E-state index < -0.39 is 35.2 Å². The predicted molar refractivity (Wildman–Crippen MR) is 95.5 cm³/mol. The molecule has 1 aromatic carbocycles. The summed E-state index contributed by atoms with van der Waals surface area (Å²) in [4.78, 5) is 42.6. The van der Waals surface area contributed by atoms with Gasteiger partial charge in [0.05, 0.1) is 19.3 Å². The molecule has 2 aliphatic heterocycles. The number of Topliss-reactive ketones (excluding diaryl/α,β-unsaturated/α-hetero) is 1. The van der Waals surface area contributed by atoms with Crippen molar-refractivity contribution < 1.29 is 28.2 Å². The standard InChI is InChI=1S/C19H21FN2O5/c1-19(2,3)27-17(24)13-9-11-12(20)6-5-10-14(16(23)18(25)26-4)21-7-8-22(13)15(10)11/h5-6,13H,7-9H2,1-4H3. The van der Waals surface area contributed by atoms with Crippen molar-refractivity contribution in [2.24, 2.45) is 4.99 Å². The number of anilines is 1. The van der Waals surface area contributed by atoms with E-state index in [-0.39, 0.29) is 18.7 Å². The highest BCUT2D eigenvalue weighted by molar-refractivity contribution is 6.67. The zero-order valence-corrected chi connectivity index (χ0v) is 15.7.